The molecule has 0 aliphatic heterocycles. The van der Waals surface area contributed by atoms with Crippen LogP contribution in [0.4, 0.5) is 0 Å². The monoisotopic (exact) mass is 271 g/mol. The lowest BCUT2D eigenvalue weighted by Gasteiger charge is -2.36. The van der Waals surface area contributed by atoms with Crippen LogP contribution in [0, 0.1) is 0 Å². The molecule has 2 atom stereocenters. The van der Waals surface area contributed by atoms with Crippen LogP contribution in [0.3, 0.4) is 0 Å². The van der Waals surface area contributed by atoms with Gasteiger partial charge < -0.3 is 10.1 Å². The van der Waals surface area contributed by atoms with Crippen molar-refractivity contribution in [2.45, 2.75) is 38.3 Å². The van der Waals surface area contributed by atoms with Gasteiger partial charge in [-0.05, 0) is 43.1 Å². The highest BCUT2D eigenvalue weighted by Gasteiger charge is 2.31. The van der Waals surface area contributed by atoms with Gasteiger partial charge in [-0.2, -0.15) is 0 Å². The summed E-state index contributed by atoms with van der Waals surface area (Å²) in [6.45, 7) is 4.36. The molecule has 0 amide bonds. The molecule has 0 aliphatic carbocycles. The van der Waals surface area contributed by atoms with Crippen molar-refractivity contribution in [3.8, 4) is 0 Å². The van der Waals surface area contributed by atoms with Crippen LogP contribution in [0.15, 0.2) is 42.5 Å². The van der Waals surface area contributed by atoms with E-state index in [1.807, 2.05) is 7.05 Å². The van der Waals surface area contributed by atoms with Crippen LogP contribution < -0.4 is 5.32 Å². The number of methoxy groups -OCH3 is 1. The number of benzene rings is 2. The molecule has 0 radical (unpaired) electrons. The normalized spacial score (nSPS) is 16.0. The second-order valence-electron chi connectivity index (χ2n) is 5.55. The van der Waals surface area contributed by atoms with Gasteiger partial charge in [-0.25, -0.2) is 0 Å². The first-order valence-corrected chi connectivity index (χ1v) is 7.33. The number of nitrogens with one attached hydrogen (secondary N) is 1. The fourth-order valence-corrected chi connectivity index (χ4v) is 2.85. The van der Waals surface area contributed by atoms with E-state index in [2.05, 4.69) is 61.6 Å². The molecular formula is C18H25NO. The summed E-state index contributed by atoms with van der Waals surface area (Å²) in [4.78, 5) is 0. The Hall–Kier alpha value is -1.38. The minimum Gasteiger partial charge on any atom is -0.377 e. The maximum Gasteiger partial charge on any atom is 0.0803 e. The molecule has 0 bridgehead atoms. The minimum atomic E-state index is -0.147. The van der Waals surface area contributed by atoms with Crippen LogP contribution in [0.1, 0.15) is 25.8 Å². The van der Waals surface area contributed by atoms with Gasteiger partial charge in [0.25, 0.3) is 0 Å². The summed E-state index contributed by atoms with van der Waals surface area (Å²) in [5.74, 6) is 0. The van der Waals surface area contributed by atoms with E-state index in [9.17, 15) is 0 Å². The van der Waals surface area contributed by atoms with Crippen molar-refractivity contribution in [1.29, 1.82) is 0 Å². The summed E-state index contributed by atoms with van der Waals surface area (Å²) in [7, 11) is 3.82. The topological polar surface area (TPSA) is 21.3 Å². The summed E-state index contributed by atoms with van der Waals surface area (Å²) < 4.78 is 5.76. The van der Waals surface area contributed by atoms with Crippen molar-refractivity contribution in [1.82, 2.24) is 5.32 Å². The first kappa shape index (κ1) is 15.0. The first-order chi connectivity index (χ1) is 9.64. The zero-order valence-electron chi connectivity index (χ0n) is 12.9. The molecule has 0 heterocycles. The van der Waals surface area contributed by atoms with E-state index in [4.69, 9.17) is 4.74 Å². The predicted octanol–water partition coefficient (Wildman–Crippen LogP) is 3.79. The summed E-state index contributed by atoms with van der Waals surface area (Å²) in [5.41, 5.74) is 1.23. The Balaban J connectivity index is 2.35. The van der Waals surface area contributed by atoms with E-state index in [0.717, 1.165) is 12.8 Å². The van der Waals surface area contributed by atoms with Crippen molar-refractivity contribution >= 4 is 10.8 Å². The third kappa shape index (κ3) is 2.87. The highest BCUT2D eigenvalue weighted by molar-refractivity contribution is 5.85. The van der Waals surface area contributed by atoms with Gasteiger partial charge in [0.05, 0.1) is 5.60 Å². The summed E-state index contributed by atoms with van der Waals surface area (Å²) in [6.07, 6.45) is 1.95. The van der Waals surface area contributed by atoms with Gasteiger partial charge in [0.2, 0.25) is 0 Å². The predicted molar refractivity (Wildman–Crippen MR) is 86.2 cm³/mol. The molecule has 20 heavy (non-hydrogen) atoms. The fourth-order valence-electron chi connectivity index (χ4n) is 2.85. The number of fused-ring (bicyclic) bond motifs is 1. The first-order valence-electron chi connectivity index (χ1n) is 7.33. The highest BCUT2D eigenvalue weighted by atomic mass is 16.5. The lowest BCUT2D eigenvalue weighted by molar-refractivity contribution is -0.0267. The van der Waals surface area contributed by atoms with E-state index in [1.54, 1.807) is 7.11 Å². The SMILES string of the molecule is CCC(C)(OC)C(Cc1cccc2ccccc12)NC. The summed E-state index contributed by atoms with van der Waals surface area (Å²) in [6, 6.07) is 15.4. The van der Waals surface area contributed by atoms with E-state index in [-0.39, 0.29) is 5.60 Å². The van der Waals surface area contributed by atoms with Crippen LogP contribution in [0.2, 0.25) is 0 Å². The minimum absolute atomic E-state index is 0.147. The zero-order valence-corrected chi connectivity index (χ0v) is 12.9. The van der Waals surface area contributed by atoms with E-state index < -0.39 is 0 Å². The molecule has 0 aromatic heterocycles. The number of likely N-dealkylation sites (N-methyl/N-ethyl adjacent to an activating group) is 1. The Kier molecular flexibility index (Phi) is 4.79. The number of ether oxygens (including phenoxy) is 1. The highest BCUT2D eigenvalue weighted by Crippen LogP contribution is 2.25. The molecule has 0 saturated heterocycles. The van der Waals surface area contributed by atoms with Gasteiger partial charge in [-0.15, -0.1) is 0 Å². The molecule has 2 heteroatoms. The standard InChI is InChI=1S/C18H25NO/c1-5-18(2,20-4)17(19-3)13-15-11-8-10-14-9-6-7-12-16(14)15/h6-12,17,19H,5,13H2,1-4H3. The fraction of sp³-hybridized carbons (Fsp3) is 0.444. The number of rotatable bonds is 6. The molecule has 2 rings (SSSR count). The molecule has 0 aliphatic rings. The van der Waals surface area contributed by atoms with Crippen molar-refractivity contribution in [2.75, 3.05) is 14.2 Å². The Morgan fingerprint density at radius 2 is 1.85 bits per heavy atom. The van der Waals surface area contributed by atoms with Gasteiger partial charge in [-0.3, -0.25) is 0 Å². The van der Waals surface area contributed by atoms with Crippen LogP contribution >= 0.6 is 0 Å². The molecule has 108 valence electrons. The van der Waals surface area contributed by atoms with Gasteiger partial charge in [0.1, 0.15) is 0 Å². The summed E-state index contributed by atoms with van der Waals surface area (Å²) in [5, 5.41) is 6.07. The molecule has 2 aromatic carbocycles. The van der Waals surface area contributed by atoms with Crippen molar-refractivity contribution in [2.24, 2.45) is 0 Å². The van der Waals surface area contributed by atoms with Gasteiger partial charge in [-0.1, -0.05) is 49.4 Å². The van der Waals surface area contributed by atoms with Gasteiger partial charge in [0.15, 0.2) is 0 Å². The van der Waals surface area contributed by atoms with Crippen LogP contribution in [0.5, 0.6) is 0 Å². The third-order valence-electron chi connectivity index (χ3n) is 4.56. The molecule has 2 nitrogen and oxygen atoms in total. The van der Waals surface area contributed by atoms with Crippen LogP contribution in [-0.2, 0) is 11.2 Å². The lowest BCUT2D eigenvalue weighted by Crippen LogP contribution is -2.49. The average Bonchev–Trinajstić information content (AvgIpc) is 2.52. The van der Waals surface area contributed by atoms with E-state index in [0.29, 0.717) is 6.04 Å². The maximum absolute atomic E-state index is 5.76. The smallest absolute Gasteiger partial charge is 0.0803 e. The molecule has 0 spiro atoms. The van der Waals surface area contributed by atoms with E-state index >= 15 is 0 Å². The van der Waals surface area contributed by atoms with Crippen LogP contribution in [0.25, 0.3) is 10.8 Å². The lowest BCUT2D eigenvalue weighted by atomic mass is 9.87. The average molecular weight is 271 g/mol. The van der Waals surface area contributed by atoms with Gasteiger partial charge in [0, 0.05) is 13.2 Å². The molecule has 2 unspecified atom stereocenters. The largest absolute Gasteiger partial charge is 0.377 e. The third-order valence-corrected chi connectivity index (χ3v) is 4.56. The number of hydrogen-bond acceptors (Lipinski definition) is 2. The Morgan fingerprint density at radius 3 is 2.50 bits per heavy atom. The van der Waals surface area contributed by atoms with Gasteiger partial charge >= 0.3 is 0 Å². The quantitative estimate of drug-likeness (QED) is 0.863. The second kappa shape index (κ2) is 6.38. The Labute approximate surface area is 122 Å². The van der Waals surface area contributed by atoms with Crippen molar-refractivity contribution in [3.63, 3.8) is 0 Å². The molecular weight excluding hydrogens is 246 g/mol. The van der Waals surface area contributed by atoms with Crippen LogP contribution in [-0.4, -0.2) is 25.8 Å². The summed E-state index contributed by atoms with van der Waals surface area (Å²) >= 11 is 0. The van der Waals surface area contributed by atoms with E-state index in [1.165, 1.54) is 16.3 Å². The molecule has 0 fully saturated rings. The Morgan fingerprint density at radius 1 is 1.15 bits per heavy atom. The zero-order chi connectivity index (χ0) is 14.6. The number of hydrogen-bond donors (Lipinski definition) is 1. The molecule has 2 aromatic rings. The second-order valence-corrected chi connectivity index (χ2v) is 5.55. The Bertz CT molecular complexity index is 555. The maximum atomic E-state index is 5.76. The molecule has 1 N–H and O–H groups in total. The van der Waals surface area contributed by atoms with Crippen molar-refractivity contribution in [3.05, 3.63) is 48.0 Å². The molecule has 0 saturated carbocycles. The van der Waals surface area contributed by atoms with Crippen molar-refractivity contribution < 1.29 is 4.74 Å².